The van der Waals surface area contributed by atoms with Crippen molar-refractivity contribution in [2.24, 2.45) is 0 Å². The molecule has 18 heavy (non-hydrogen) atoms. The van der Waals surface area contributed by atoms with Crippen molar-refractivity contribution in [2.75, 3.05) is 0 Å². The summed E-state index contributed by atoms with van der Waals surface area (Å²) in [6, 6.07) is 8.11. The minimum Gasteiger partial charge on any atom is -0.288 e. The molecular weight excluding hydrogens is 261 g/mol. The van der Waals surface area contributed by atoms with E-state index in [4.69, 9.17) is 0 Å². The molecule has 0 amide bonds. The first-order valence-corrected chi connectivity index (χ1v) is 5.98. The Labute approximate surface area is 106 Å². The Kier molecular flexibility index (Phi) is 3.26. The second-order valence-electron chi connectivity index (χ2n) is 3.78. The highest BCUT2D eigenvalue weighted by Gasteiger charge is 2.35. The van der Waals surface area contributed by atoms with E-state index >= 15 is 0 Å². The van der Waals surface area contributed by atoms with Gasteiger partial charge in [-0.1, -0.05) is 18.2 Å². The molecule has 0 saturated carbocycles. The van der Waals surface area contributed by atoms with Crippen molar-refractivity contribution in [1.82, 2.24) is 0 Å². The monoisotopic (exact) mass is 270 g/mol. The summed E-state index contributed by atoms with van der Waals surface area (Å²) in [7, 11) is 0. The van der Waals surface area contributed by atoms with Gasteiger partial charge in [0, 0.05) is 10.4 Å². The molecule has 1 heterocycles. The molecule has 0 aliphatic heterocycles. The van der Waals surface area contributed by atoms with Crippen LogP contribution in [-0.4, -0.2) is 5.78 Å². The lowest BCUT2D eigenvalue weighted by Gasteiger charge is -2.10. The Bertz CT molecular complexity index is 584. The van der Waals surface area contributed by atoms with Crippen LogP contribution < -0.4 is 0 Å². The molecule has 0 radical (unpaired) electrons. The molecule has 0 spiro atoms. The second kappa shape index (κ2) is 4.57. The Balaban J connectivity index is 2.49. The topological polar surface area (TPSA) is 17.1 Å². The number of aryl methyl sites for hydroxylation is 1. The third-order valence-corrected chi connectivity index (χ3v) is 3.44. The Morgan fingerprint density at radius 3 is 2.33 bits per heavy atom. The van der Waals surface area contributed by atoms with Crippen molar-refractivity contribution in [3.8, 4) is 0 Å². The van der Waals surface area contributed by atoms with Crippen molar-refractivity contribution in [2.45, 2.75) is 13.1 Å². The molecule has 2 aromatic rings. The summed E-state index contributed by atoms with van der Waals surface area (Å²) in [5.41, 5.74) is -1.19. The van der Waals surface area contributed by atoms with Gasteiger partial charge in [0.2, 0.25) is 5.78 Å². The van der Waals surface area contributed by atoms with Crippen LogP contribution in [0.2, 0.25) is 0 Å². The summed E-state index contributed by atoms with van der Waals surface area (Å²) >= 11 is 1.19. The van der Waals surface area contributed by atoms with E-state index in [2.05, 4.69) is 0 Å². The van der Waals surface area contributed by atoms with E-state index in [0.717, 1.165) is 10.9 Å². The molecule has 5 heteroatoms. The molecule has 0 bridgehead atoms. The number of carbonyl (C=O) groups excluding carboxylic acids is 1. The number of benzene rings is 1. The molecule has 0 aliphatic rings. The van der Waals surface area contributed by atoms with Gasteiger partial charge in [-0.3, -0.25) is 4.79 Å². The van der Waals surface area contributed by atoms with E-state index in [0.29, 0.717) is 4.88 Å². The maximum atomic E-state index is 12.8. The Morgan fingerprint density at radius 1 is 1.11 bits per heavy atom. The van der Waals surface area contributed by atoms with E-state index in [9.17, 15) is 18.0 Å². The van der Waals surface area contributed by atoms with E-state index < -0.39 is 17.5 Å². The van der Waals surface area contributed by atoms with Gasteiger partial charge in [0.05, 0.1) is 10.4 Å². The summed E-state index contributed by atoms with van der Waals surface area (Å²) in [5.74, 6) is -0.582. The highest BCUT2D eigenvalue weighted by atomic mass is 32.1. The van der Waals surface area contributed by atoms with Crippen LogP contribution in [0.5, 0.6) is 0 Å². The number of hydrogen-bond acceptors (Lipinski definition) is 2. The summed E-state index contributed by atoms with van der Waals surface area (Å²) < 4.78 is 38.3. The van der Waals surface area contributed by atoms with Crippen LogP contribution in [0.4, 0.5) is 13.2 Å². The SMILES string of the molecule is Cc1ccc(C(=O)c2ccccc2C(F)(F)F)s1. The van der Waals surface area contributed by atoms with Crippen LogP contribution in [0.1, 0.15) is 25.7 Å². The standard InChI is InChI=1S/C13H9F3OS/c1-8-6-7-11(18-8)12(17)9-4-2-3-5-10(9)13(14,15)16/h2-7H,1H3. The Hall–Kier alpha value is -1.62. The number of hydrogen-bond donors (Lipinski definition) is 0. The molecule has 0 aliphatic carbocycles. The van der Waals surface area contributed by atoms with Crippen LogP contribution >= 0.6 is 11.3 Å². The lowest BCUT2D eigenvalue weighted by molar-refractivity contribution is -0.137. The van der Waals surface area contributed by atoms with Crippen LogP contribution in [0.3, 0.4) is 0 Å². The largest absolute Gasteiger partial charge is 0.417 e. The summed E-state index contributed by atoms with van der Waals surface area (Å²) in [6.45, 7) is 1.80. The third-order valence-electron chi connectivity index (χ3n) is 2.44. The molecular formula is C13H9F3OS. The fourth-order valence-corrected chi connectivity index (χ4v) is 2.44. The number of halogens is 3. The highest BCUT2D eigenvalue weighted by Crippen LogP contribution is 2.33. The second-order valence-corrected chi connectivity index (χ2v) is 5.07. The summed E-state index contributed by atoms with van der Waals surface area (Å²) in [5, 5.41) is 0. The predicted octanol–water partition coefficient (Wildman–Crippen LogP) is 4.31. The molecule has 94 valence electrons. The van der Waals surface area contributed by atoms with Crippen LogP contribution in [-0.2, 0) is 6.18 Å². The number of alkyl halides is 3. The van der Waals surface area contributed by atoms with E-state index in [1.807, 2.05) is 0 Å². The third kappa shape index (κ3) is 2.46. The first-order valence-electron chi connectivity index (χ1n) is 5.17. The van der Waals surface area contributed by atoms with E-state index in [-0.39, 0.29) is 5.56 Å². The zero-order valence-electron chi connectivity index (χ0n) is 9.41. The van der Waals surface area contributed by atoms with Gasteiger partial charge in [-0.25, -0.2) is 0 Å². The minimum atomic E-state index is -4.52. The zero-order valence-corrected chi connectivity index (χ0v) is 10.2. The molecule has 1 aromatic carbocycles. The van der Waals surface area contributed by atoms with Crippen molar-refractivity contribution < 1.29 is 18.0 Å². The maximum absolute atomic E-state index is 12.8. The zero-order chi connectivity index (χ0) is 13.3. The number of ketones is 1. The lowest BCUT2D eigenvalue weighted by atomic mass is 10.0. The first-order chi connectivity index (χ1) is 8.39. The normalized spacial score (nSPS) is 11.6. The summed E-state index contributed by atoms with van der Waals surface area (Å²) in [4.78, 5) is 13.3. The molecule has 0 fully saturated rings. The summed E-state index contributed by atoms with van der Waals surface area (Å²) in [6.07, 6.45) is -4.52. The van der Waals surface area contributed by atoms with Crippen LogP contribution in [0.25, 0.3) is 0 Å². The van der Waals surface area contributed by atoms with Gasteiger partial charge in [0.25, 0.3) is 0 Å². The predicted molar refractivity (Wildman–Crippen MR) is 63.9 cm³/mol. The Morgan fingerprint density at radius 2 is 1.78 bits per heavy atom. The lowest BCUT2D eigenvalue weighted by Crippen LogP contribution is -2.12. The smallest absolute Gasteiger partial charge is 0.288 e. The molecule has 0 N–H and O–H groups in total. The van der Waals surface area contributed by atoms with E-state index in [1.54, 1.807) is 19.1 Å². The highest BCUT2D eigenvalue weighted by molar-refractivity contribution is 7.14. The molecule has 0 saturated heterocycles. The van der Waals surface area contributed by atoms with Crippen molar-refractivity contribution in [3.63, 3.8) is 0 Å². The number of carbonyl (C=O) groups is 1. The van der Waals surface area contributed by atoms with Gasteiger partial charge >= 0.3 is 6.18 Å². The van der Waals surface area contributed by atoms with E-state index in [1.165, 1.54) is 29.5 Å². The van der Waals surface area contributed by atoms with Crippen molar-refractivity contribution in [1.29, 1.82) is 0 Å². The number of thiophene rings is 1. The van der Waals surface area contributed by atoms with Gasteiger partial charge in [-0.05, 0) is 25.1 Å². The fourth-order valence-electron chi connectivity index (χ4n) is 1.62. The van der Waals surface area contributed by atoms with Gasteiger partial charge < -0.3 is 0 Å². The first kappa shape index (κ1) is 12.8. The molecule has 2 rings (SSSR count). The van der Waals surface area contributed by atoms with Gasteiger partial charge in [0.15, 0.2) is 0 Å². The molecule has 0 unspecified atom stereocenters. The average molecular weight is 270 g/mol. The fraction of sp³-hybridized carbons (Fsp3) is 0.154. The van der Waals surface area contributed by atoms with Gasteiger partial charge in [-0.15, -0.1) is 11.3 Å². The molecule has 1 nitrogen and oxygen atoms in total. The quantitative estimate of drug-likeness (QED) is 0.743. The average Bonchev–Trinajstić information content (AvgIpc) is 2.74. The van der Waals surface area contributed by atoms with Crippen molar-refractivity contribution >= 4 is 17.1 Å². The minimum absolute atomic E-state index is 0.299. The van der Waals surface area contributed by atoms with Crippen molar-refractivity contribution in [3.05, 3.63) is 57.3 Å². The van der Waals surface area contributed by atoms with Crippen LogP contribution in [0, 0.1) is 6.92 Å². The van der Waals surface area contributed by atoms with Crippen LogP contribution in [0.15, 0.2) is 36.4 Å². The molecule has 0 atom stereocenters. The van der Waals surface area contributed by atoms with Gasteiger partial charge in [-0.2, -0.15) is 13.2 Å². The number of rotatable bonds is 2. The maximum Gasteiger partial charge on any atom is 0.417 e. The molecule has 1 aromatic heterocycles. The van der Waals surface area contributed by atoms with Gasteiger partial charge in [0.1, 0.15) is 0 Å².